The Morgan fingerprint density at radius 3 is 2.58 bits per heavy atom. The summed E-state index contributed by atoms with van der Waals surface area (Å²) >= 11 is 0. The van der Waals surface area contributed by atoms with Crippen LogP contribution < -0.4 is 9.47 Å². The standard InChI is InChI=1S/C14H19NO4/c1-14(2,17)13(16)15(3)9-10-4-5-11-12(8-10)19-7-6-18-11/h4-5,8,17H,6-7,9H2,1-3H3. The lowest BCUT2D eigenvalue weighted by atomic mass is 10.1. The first-order valence-corrected chi connectivity index (χ1v) is 6.24. The fraction of sp³-hybridized carbons (Fsp3) is 0.500. The zero-order valence-electron chi connectivity index (χ0n) is 11.5. The summed E-state index contributed by atoms with van der Waals surface area (Å²) in [7, 11) is 1.66. The first kappa shape index (κ1) is 13.7. The Morgan fingerprint density at radius 2 is 1.95 bits per heavy atom. The van der Waals surface area contributed by atoms with Gasteiger partial charge >= 0.3 is 0 Å². The minimum Gasteiger partial charge on any atom is -0.486 e. The van der Waals surface area contributed by atoms with E-state index in [1.165, 1.54) is 18.7 Å². The van der Waals surface area contributed by atoms with Crippen LogP contribution in [0.4, 0.5) is 0 Å². The number of fused-ring (bicyclic) bond motifs is 1. The van der Waals surface area contributed by atoms with Crippen molar-refractivity contribution in [2.24, 2.45) is 0 Å². The molecule has 1 aliphatic heterocycles. The minimum atomic E-state index is -1.36. The van der Waals surface area contributed by atoms with E-state index in [1.54, 1.807) is 7.05 Å². The van der Waals surface area contributed by atoms with Gasteiger partial charge in [0.1, 0.15) is 18.8 Å². The largest absolute Gasteiger partial charge is 0.486 e. The Morgan fingerprint density at radius 1 is 1.32 bits per heavy atom. The van der Waals surface area contributed by atoms with Crippen molar-refractivity contribution in [3.05, 3.63) is 23.8 Å². The van der Waals surface area contributed by atoms with E-state index in [2.05, 4.69) is 0 Å². The molecular formula is C14H19NO4. The van der Waals surface area contributed by atoms with Gasteiger partial charge in [-0.05, 0) is 31.5 Å². The third-order valence-electron chi connectivity index (χ3n) is 2.90. The lowest BCUT2D eigenvalue weighted by molar-refractivity contribution is -0.146. The van der Waals surface area contributed by atoms with Crippen LogP contribution in [0.2, 0.25) is 0 Å². The van der Waals surface area contributed by atoms with Crippen LogP contribution in [-0.2, 0) is 11.3 Å². The quantitative estimate of drug-likeness (QED) is 0.891. The molecule has 0 saturated carbocycles. The number of likely N-dealkylation sites (N-methyl/N-ethyl adjacent to an activating group) is 1. The van der Waals surface area contributed by atoms with E-state index in [-0.39, 0.29) is 5.91 Å². The van der Waals surface area contributed by atoms with E-state index in [1.807, 2.05) is 18.2 Å². The minimum absolute atomic E-state index is 0.317. The summed E-state index contributed by atoms with van der Waals surface area (Å²) in [4.78, 5) is 13.4. The monoisotopic (exact) mass is 265 g/mol. The average molecular weight is 265 g/mol. The fourth-order valence-corrected chi connectivity index (χ4v) is 2.00. The molecule has 0 aromatic heterocycles. The normalized spacial score (nSPS) is 14.1. The van der Waals surface area contributed by atoms with E-state index in [9.17, 15) is 9.90 Å². The highest BCUT2D eigenvalue weighted by molar-refractivity contribution is 5.83. The molecule has 1 aliphatic rings. The molecule has 1 aromatic carbocycles. The van der Waals surface area contributed by atoms with Gasteiger partial charge in [0.05, 0.1) is 0 Å². The molecule has 1 aromatic rings. The molecule has 0 saturated heterocycles. The van der Waals surface area contributed by atoms with Gasteiger partial charge < -0.3 is 19.5 Å². The third kappa shape index (κ3) is 3.17. The molecule has 0 aliphatic carbocycles. The number of ether oxygens (including phenoxy) is 2. The van der Waals surface area contributed by atoms with Gasteiger partial charge in [-0.15, -0.1) is 0 Å². The number of hydrogen-bond acceptors (Lipinski definition) is 4. The third-order valence-corrected chi connectivity index (χ3v) is 2.90. The van der Waals surface area contributed by atoms with E-state index < -0.39 is 5.60 Å². The van der Waals surface area contributed by atoms with Crippen molar-refractivity contribution in [2.75, 3.05) is 20.3 Å². The lowest BCUT2D eigenvalue weighted by Gasteiger charge is -2.25. The number of carbonyl (C=O) groups excluding carboxylic acids is 1. The van der Waals surface area contributed by atoms with Crippen molar-refractivity contribution in [1.82, 2.24) is 4.90 Å². The second-order valence-electron chi connectivity index (χ2n) is 5.20. The smallest absolute Gasteiger partial charge is 0.253 e. The fourth-order valence-electron chi connectivity index (χ4n) is 2.00. The number of nitrogens with zero attached hydrogens (tertiary/aromatic N) is 1. The maximum atomic E-state index is 11.9. The summed E-state index contributed by atoms with van der Waals surface area (Å²) in [6.07, 6.45) is 0. The number of carbonyl (C=O) groups is 1. The van der Waals surface area contributed by atoms with E-state index >= 15 is 0 Å². The van der Waals surface area contributed by atoms with Crippen molar-refractivity contribution in [3.8, 4) is 11.5 Å². The molecule has 0 spiro atoms. The maximum Gasteiger partial charge on any atom is 0.253 e. The van der Waals surface area contributed by atoms with Crippen LogP contribution in [0.1, 0.15) is 19.4 Å². The van der Waals surface area contributed by atoms with Crippen molar-refractivity contribution in [2.45, 2.75) is 26.0 Å². The SMILES string of the molecule is CN(Cc1ccc2c(c1)OCCO2)C(=O)C(C)(C)O. The van der Waals surface area contributed by atoms with Crippen molar-refractivity contribution in [3.63, 3.8) is 0 Å². The van der Waals surface area contributed by atoms with Gasteiger partial charge in [-0.3, -0.25) is 4.79 Å². The van der Waals surface area contributed by atoms with Gasteiger partial charge in [0.25, 0.3) is 5.91 Å². The number of rotatable bonds is 3. The summed E-state index contributed by atoms with van der Waals surface area (Å²) in [6, 6.07) is 5.59. The zero-order chi connectivity index (χ0) is 14.0. The Hall–Kier alpha value is -1.75. The second-order valence-corrected chi connectivity index (χ2v) is 5.20. The summed E-state index contributed by atoms with van der Waals surface area (Å²) < 4.78 is 10.9. The molecular weight excluding hydrogens is 246 g/mol. The van der Waals surface area contributed by atoms with Crippen LogP contribution in [0.5, 0.6) is 11.5 Å². The summed E-state index contributed by atoms with van der Waals surface area (Å²) in [5, 5.41) is 9.69. The first-order chi connectivity index (χ1) is 8.88. The number of amides is 1. The van der Waals surface area contributed by atoms with Crippen LogP contribution in [-0.4, -0.2) is 41.8 Å². The number of aliphatic hydroxyl groups is 1. The van der Waals surface area contributed by atoms with Gasteiger partial charge in [-0.25, -0.2) is 0 Å². The Bertz CT molecular complexity index is 479. The van der Waals surface area contributed by atoms with Gasteiger partial charge in [-0.1, -0.05) is 6.07 Å². The van der Waals surface area contributed by atoms with Crippen LogP contribution in [0, 0.1) is 0 Å². The van der Waals surface area contributed by atoms with Crippen molar-refractivity contribution < 1.29 is 19.4 Å². The average Bonchev–Trinajstić information content (AvgIpc) is 2.36. The van der Waals surface area contributed by atoms with Crippen LogP contribution in [0.25, 0.3) is 0 Å². The molecule has 1 heterocycles. The Balaban J connectivity index is 2.09. The summed E-state index contributed by atoms with van der Waals surface area (Å²) in [5.41, 5.74) is -0.424. The van der Waals surface area contributed by atoms with Crippen molar-refractivity contribution >= 4 is 5.91 Å². The van der Waals surface area contributed by atoms with Crippen LogP contribution in [0.3, 0.4) is 0 Å². The molecule has 19 heavy (non-hydrogen) atoms. The number of hydrogen-bond donors (Lipinski definition) is 1. The second kappa shape index (κ2) is 5.09. The maximum absolute atomic E-state index is 11.9. The molecule has 5 heteroatoms. The molecule has 0 radical (unpaired) electrons. The van der Waals surface area contributed by atoms with Gasteiger partial charge in [0.15, 0.2) is 11.5 Å². The summed E-state index contributed by atoms with van der Waals surface area (Å²) in [5.74, 6) is 1.11. The predicted molar refractivity (Wildman–Crippen MR) is 70.2 cm³/mol. The molecule has 0 unspecified atom stereocenters. The Kier molecular flexibility index (Phi) is 3.66. The number of benzene rings is 1. The molecule has 1 N–H and O–H groups in total. The Labute approximate surface area is 112 Å². The lowest BCUT2D eigenvalue weighted by Crippen LogP contribution is -2.42. The van der Waals surface area contributed by atoms with E-state index in [4.69, 9.17) is 9.47 Å². The molecule has 0 atom stereocenters. The van der Waals surface area contributed by atoms with Crippen LogP contribution >= 0.6 is 0 Å². The topological polar surface area (TPSA) is 59.0 Å². The predicted octanol–water partition coefficient (Wildman–Crippen LogP) is 1.19. The van der Waals surface area contributed by atoms with E-state index in [0.717, 1.165) is 11.3 Å². The van der Waals surface area contributed by atoms with E-state index in [0.29, 0.717) is 25.5 Å². The van der Waals surface area contributed by atoms with Gasteiger partial charge in [0, 0.05) is 13.6 Å². The van der Waals surface area contributed by atoms with Gasteiger partial charge in [-0.2, -0.15) is 0 Å². The zero-order valence-corrected chi connectivity index (χ0v) is 11.5. The summed E-state index contributed by atoms with van der Waals surface area (Å²) in [6.45, 7) is 4.48. The molecule has 0 bridgehead atoms. The first-order valence-electron chi connectivity index (χ1n) is 6.24. The molecule has 2 rings (SSSR count). The highest BCUT2D eigenvalue weighted by Crippen LogP contribution is 2.31. The molecule has 104 valence electrons. The highest BCUT2D eigenvalue weighted by atomic mass is 16.6. The molecule has 1 amide bonds. The highest BCUT2D eigenvalue weighted by Gasteiger charge is 2.27. The van der Waals surface area contributed by atoms with Crippen LogP contribution in [0.15, 0.2) is 18.2 Å². The van der Waals surface area contributed by atoms with Gasteiger partial charge in [0.2, 0.25) is 0 Å². The van der Waals surface area contributed by atoms with Crippen molar-refractivity contribution in [1.29, 1.82) is 0 Å². The molecule has 5 nitrogen and oxygen atoms in total. The molecule has 0 fully saturated rings.